The number of aromatic nitrogens is 1. The highest BCUT2D eigenvalue weighted by Crippen LogP contribution is 2.07. The van der Waals surface area contributed by atoms with Gasteiger partial charge < -0.3 is 10.6 Å². The van der Waals surface area contributed by atoms with Crippen molar-refractivity contribution in [2.24, 2.45) is 5.73 Å². The smallest absolute Gasteiger partial charge is 0.0543 e. The van der Waals surface area contributed by atoms with Gasteiger partial charge in [0.25, 0.3) is 0 Å². The zero-order valence-electron chi connectivity index (χ0n) is 11.1. The Morgan fingerprint density at radius 3 is 2.72 bits per heavy atom. The molecule has 0 radical (unpaired) electrons. The third-order valence-electron chi connectivity index (χ3n) is 3.47. The summed E-state index contributed by atoms with van der Waals surface area (Å²) in [5.74, 6) is 0. The second-order valence-corrected chi connectivity index (χ2v) is 4.93. The molecular weight excluding hydrogens is 224 g/mol. The SMILES string of the molecule is NCCCN1CCCN(Cc2ccccn2)CC1. The summed E-state index contributed by atoms with van der Waals surface area (Å²) in [6, 6.07) is 6.14. The minimum absolute atomic E-state index is 0.800. The van der Waals surface area contributed by atoms with Crippen molar-refractivity contribution in [3.8, 4) is 0 Å². The summed E-state index contributed by atoms with van der Waals surface area (Å²) in [5, 5.41) is 0. The van der Waals surface area contributed by atoms with Gasteiger partial charge in [-0.2, -0.15) is 0 Å². The van der Waals surface area contributed by atoms with Gasteiger partial charge in [0, 0.05) is 25.8 Å². The molecular formula is C14H24N4. The van der Waals surface area contributed by atoms with E-state index in [0.29, 0.717) is 0 Å². The second-order valence-electron chi connectivity index (χ2n) is 4.93. The Morgan fingerprint density at radius 2 is 1.94 bits per heavy atom. The van der Waals surface area contributed by atoms with Gasteiger partial charge in [-0.3, -0.25) is 9.88 Å². The van der Waals surface area contributed by atoms with Gasteiger partial charge in [0.05, 0.1) is 5.69 Å². The van der Waals surface area contributed by atoms with Crippen LogP contribution in [0.1, 0.15) is 18.5 Å². The molecule has 4 nitrogen and oxygen atoms in total. The first-order chi connectivity index (χ1) is 8.88. The lowest BCUT2D eigenvalue weighted by Gasteiger charge is -2.21. The van der Waals surface area contributed by atoms with Crippen molar-refractivity contribution >= 4 is 0 Å². The normalized spacial score (nSPS) is 18.7. The molecule has 1 aliphatic rings. The van der Waals surface area contributed by atoms with Gasteiger partial charge in [-0.25, -0.2) is 0 Å². The summed E-state index contributed by atoms with van der Waals surface area (Å²) in [6.07, 6.45) is 4.23. The van der Waals surface area contributed by atoms with E-state index in [2.05, 4.69) is 26.9 Å². The zero-order chi connectivity index (χ0) is 12.6. The minimum atomic E-state index is 0.800. The van der Waals surface area contributed by atoms with Gasteiger partial charge in [-0.1, -0.05) is 6.07 Å². The van der Waals surface area contributed by atoms with Crippen molar-refractivity contribution in [1.29, 1.82) is 0 Å². The molecule has 0 spiro atoms. The molecule has 0 aliphatic carbocycles. The Kier molecular flexibility index (Phi) is 5.58. The number of hydrogen-bond donors (Lipinski definition) is 1. The molecule has 0 aromatic carbocycles. The van der Waals surface area contributed by atoms with E-state index in [1.54, 1.807) is 0 Å². The van der Waals surface area contributed by atoms with Crippen molar-refractivity contribution in [2.75, 3.05) is 39.3 Å². The predicted octanol–water partition coefficient (Wildman–Crippen LogP) is 0.938. The van der Waals surface area contributed by atoms with Crippen molar-refractivity contribution in [3.63, 3.8) is 0 Å². The number of pyridine rings is 1. The van der Waals surface area contributed by atoms with Crippen LogP contribution in [0, 0.1) is 0 Å². The van der Waals surface area contributed by atoms with Crippen LogP contribution in [0.15, 0.2) is 24.4 Å². The van der Waals surface area contributed by atoms with Gasteiger partial charge in [0.2, 0.25) is 0 Å². The van der Waals surface area contributed by atoms with Crippen molar-refractivity contribution in [1.82, 2.24) is 14.8 Å². The minimum Gasteiger partial charge on any atom is -0.330 e. The Labute approximate surface area is 110 Å². The van der Waals surface area contributed by atoms with E-state index in [4.69, 9.17) is 5.73 Å². The fourth-order valence-corrected chi connectivity index (χ4v) is 2.44. The second kappa shape index (κ2) is 7.46. The average molecular weight is 248 g/mol. The molecule has 100 valence electrons. The molecule has 4 heteroatoms. The maximum Gasteiger partial charge on any atom is 0.0543 e. The van der Waals surface area contributed by atoms with Crippen molar-refractivity contribution < 1.29 is 0 Å². The van der Waals surface area contributed by atoms with E-state index >= 15 is 0 Å². The largest absolute Gasteiger partial charge is 0.330 e. The van der Waals surface area contributed by atoms with Crippen LogP contribution >= 0.6 is 0 Å². The van der Waals surface area contributed by atoms with E-state index in [0.717, 1.165) is 39.1 Å². The monoisotopic (exact) mass is 248 g/mol. The quantitative estimate of drug-likeness (QED) is 0.842. The van der Waals surface area contributed by atoms with Gasteiger partial charge in [-0.05, 0) is 51.2 Å². The average Bonchev–Trinajstić information content (AvgIpc) is 2.63. The molecule has 1 aromatic heterocycles. The molecule has 1 aliphatic heterocycles. The van der Waals surface area contributed by atoms with Gasteiger partial charge in [0.1, 0.15) is 0 Å². The Morgan fingerprint density at radius 1 is 1.11 bits per heavy atom. The molecule has 2 rings (SSSR count). The first-order valence-electron chi connectivity index (χ1n) is 6.93. The number of hydrogen-bond acceptors (Lipinski definition) is 4. The fourth-order valence-electron chi connectivity index (χ4n) is 2.44. The molecule has 0 unspecified atom stereocenters. The molecule has 2 N–H and O–H groups in total. The van der Waals surface area contributed by atoms with Crippen LogP contribution in [0.25, 0.3) is 0 Å². The van der Waals surface area contributed by atoms with Crippen LogP contribution < -0.4 is 5.73 Å². The Bertz CT molecular complexity index is 328. The topological polar surface area (TPSA) is 45.4 Å². The summed E-state index contributed by atoms with van der Waals surface area (Å²) in [7, 11) is 0. The summed E-state index contributed by atoms with van der Waals surface area (Å²) in [4.78, 5) is 9.44. The molecule has 1 aromatic rings. The molecule has 0 saturated carbocycles. The van der Waals surface area contributed by atoms with Crippen LogP contribution in [0.3, 0.4) is 0 Å². The first kappa shape index (κ1) is 13.5. The summed E-state index contributed by atoms with van der Waals surface area (Å²) in [6.45, 7) is 7.61. The van der Waals surface area contributed by atoms with Crippen LogP contribution in [-0.4, -0.2) is 54.1 Å². The zero-order valence-corrected chi connectivity index (χ0v) is 11.1. The Hall–Kier alpha value is -0.970. The van der Waals surface area contributed by atoms with Crippen LogP contribution in [-0.2, 0) is 6.54 Å². The molecule has 0 atom stereocenters. The maximum atomic E-state index is 5.57. The highest BCUT2D eigenvalue weighted by molar-refractivity contribution is 5.03. The van der Waals surface area contributed by atoms with Gasteiger partial charge >= 0.3 is 0 Å². The third kappa shape index (κ3) is 4.37. The van der Waals surface area contributed by atoms with Crippen LogP contribution in [0.2, 0.25) is 0 Å². The lowest BCUT2D eigenvalue weighted by atomic mass is 10.3. The molecule has 2 heterocycles. The van der Waals surface area contributed by atoms with Gasteiger partial charge in [-0.15, -0.1) is 0 Å². The molecule has 1 fully saturated rings. The Balaban J connectivity index is 1.78. The number of rotatable bonds is 5. The standard InChI is InChI=1S/C14H24N4/c15-6-3-8-17-9-4-10-18(12-11-17)13-14-5-1-2-7-16-14/h1-2,5,7H,3-4,6,8-13,15H2. The van der Waals surface area contributed by atoms with Crippen molar-refractivity contribution in [3.05, 3.63) is 30.1 Å². The number of nitrogens with two attached hydrogens (primary N) is 1. The van der Waals surface area contributed by atoms with Crippen molar-refractivity contribution in [2.45, 2.75) is 19.4 Å². The van der Waals surface area contributed by atoms with E-state index in [1.165, 1.54) is 25.2 Å². The summed E-state index contributed by atoms with van der Waals surface area (Å²) < 4.78 is 0. The maximum absolute atomic E-state index is 5.57. The summed E-state index contributed by atoms with van der Waals surface area (Å²) in [5.41, 5.74) is 6.74. The number of nitrogens with zero attached hydrogens (tertiary/aromatic N) is 3. The highest BCUT2D eigenvalue weighted by Gasteiger charge is 2.14. The van der Waals surface area contributed by atoms with Crippen LogP contribution in [0.4, 0.5) is 0 Å². The fraction of sp³-hybridized carbons (Fsp3) is 0.643. The highest BCUT2D eigenvalue weighted by atomic mass is 15.2. The summed E-state index contributed by atoms with van der Waals surface area (Å²) >= 11 is 0. The third-order valence-corrected chi connectivity index (χ3v) is 3.47. The molecule has 1 saturated heterocycles. The lowest BCUT2D eigenvalue weighted by molar-refractivity contribution is 0.249. The first-order valence-corrected chi connectivity index (χ1v) is 6.93. The van der Waals surface area contributed by atoms with E-state index in [9.17, 15) is 0 Å². The molecule has 0 amide bonds. The van der Waals surface area contributed by atoms with E-state index in [1.807, 2.05) is 12.3 Å². The lowest BCUT2D eigenvalue weighted by Crippen LogP contribution is -2.32. The van der Waals surface area contributed by atoms with Gasteiger partial charge in [0.15, 0.2) is 0 Å². The van der Waals surface area contributed by atoms with E-state index in [-0.39, 0.29) is 0 Å². The predicted molar refractivity (Wildman–Crippen MR) is 74.2 cm³/mol. The molecule has 18 heavy (non-hydrogen) atoms. The molecule has 0 bridgehead atoms. The van der Waals surface area contributed by atoms with Crippen LogP contribution in [0.5, 0.6) is 0 Å². The van der Waals surface area contributed by atoms with E-state index < -0.39 is 0 Å².